The topological polar surface area (TPSA) is 51.2 Å². The molecule has 0 aliphatic heterocycles. The minimum absolute atomic E-state index is 0.158. The fourth-order valence-corrected chi connectivity index (χ4v) is 9.56. The first-order chi connectivity index (χ1) is 17.5. The van der Waals surface area contributed by atoms with Gasteiger partial charge in [0.05, 0.1) is 0 Å². The van der Waals surface area contributed by atoms with Crippen LogP contribution in [0.15, 0.2) is 78.9 Å². The van der Waals surface area contributed by atoms with Crippen LogP contribution in [0.2, 0.25) is 0 Å². The molecule has 1 unspecified atom stereocenters. The number of rotatable bonds is 7. The summed E-state index contributed by atoms with van der Waals surface area (Å²) in [5.74, 6) is 0. The van der Waals surface area contributed by atoms with Crippen molar-refractivity contribution < 1.29 is 14.2 Å². The van der Waals surface area contributed by atoms with Crippen molar-refractivity contribution in [1.82, 2.24) is 0 Å². The molecule has 1 atom stereocenters. The molecule has 0 bridgehead atoms. The third-order valence-electron chi connectivity index (χ3n) is 6.65. The first-order valence-electron chi connectivity index (χ1n) is 12.3. The van der Waals surface area contributed by atoms with E-state index in [1.54, 1.807) is 12.1 Å². The summed E-state index contributed by atoms with van der Waals surface area (Å²) in [5, 5.41) is 2.14. The van der Waals surface area contributed by atoms with Crippen LogP contribution in [-0.2, 0) is 4.57 Å². The van der Waals surface area contributed by atoms with Gasteiger partial charge in [-0.15, -0.1) is 0 Å². The highest BCUT2D eigenvalue weighted by atomic mass is 31.2. The fourth-order valence-electron chi connectivity index (χ4n) is 5.19. The van der Waals surface area contributed by atoms with Gasteiger partial charge in [-0.05, 0) is 80.5 Å². The van der Waals surface area contributed by atoms with E-state index in [4.69, 9.17) is 0 Å². The molecule has 0 amide bonds. The average Bonchev–Trinajstić information content (AvgIpc) is 2.83. The number of aryl methyl sites for hydroxylation is 6. The molecule has 37 heavy (non-hydrogen) atoms. The Balaban J connectivity index is 2.01. The summed E-state index contributed by atoms with van der Waals surface area (Å²) < 4.78 is 15.3. The van der Waals surface area contributed by atoms with Gasteiger partial charge in [-0.1, -0.05) is 92.5 Å². The van der Waals surface area contributed by atoms with Crippen LogP contribution in [0.5, 0.6) is 0 Å². The van der Waals surface area contributed by atoms with Gasteiger partial charge in [0.15, 0.2) is 0 Å². The monoisotopic (exact) mass is 526 g/mol. The van der Waals surface area contributed by atoms with E-state index in [-0.39, 0.29) is 8.58 Å². The van der Waals surface area contributed by atoms with Crippen LogP contribution in [0, 0.1) is 41.5 Å². The van der Waals surface area contributed by atoms with E-state index in [0.717, 1.165) is 44.0 Å². The van der Waals surface area contributed by atoms with Crippen LogP contribution >= 0.6 is 15.7 Å². The van der Waals surface area contributed by atoms with Gasteiger partial charge in [-0.2, -0.15) is 0 Å². The van der Waals surface area contributed by atoms with Gasteiger partial charge >= 0.3 is 0 Å². The van der Waals surface area contributed by atoms with E-state index in [0.29, 0.717) is 16.4 Å². The minimum atomic E-state index is -4.28. The van der Waals surface area contributed by atoms with E-state index in [9.17, 15) is 9.59 Å². The third kappa shape index (κ3) is 5.17. The Morgan fingerprint density at radius 1 is 0.595 bits per heavy atom. The molecule has 0 fully saturated rings. The molecule has 0 heterocycles. The van der Waals surface area contributed by atoms with Crippen LogP contribution in [0.3, 0.4) is 0 Å². The predicted octanol–water partition coefficient (Wildman–Crippen LogP) is 6.84. The van der Waals surface area contributed by atoms with Crippen molar-refractivity contribution in [1.29, 1.82) is 0 Å². The maximum absolute atomic E-state index is 15.3. The van der Waals surface area contributed by atoms with Gasteiger partial charge in [-0.25, -0.2) is 0 Å². The van der Waals surface area contributed by atoms with Crippen LogP contribution in [-0.4, -0.2) is 11.0 Å². The molecule has 188 valence electrons. The summed E-state index contributed by atoms with van der Waals surface area (Å²) in [6.45, 7) is 11.3. The van der Waals surface area contributed by atoms with Crippen LogP contribution < -0.4 is 15.9 Å². The third-order valence-corrected chi connectivity index (χ3v) is 10.8. The lowest BCUT2D eigenvalue weighted by Gasteiger charge is -2.23. The van der Waals surface area contributed by atoms with E-state index >= 15 is 4.57 Å². The molecule has 0 saturated heterocycles. The zero-order valence-corrected chi connectivity index (χ0v) is 24.1. The molecule has 0 N–H and O–H groups in total. The summed E-state index contributed by atoms with van der Waals surface area (Å²) in [4.78, 5) is 28.9. The highest BCUT2D eigenvalue weighted by molar-refractivity contribution is 8.01. The lowest BCUT2D eigenvalue weighted by atomic mass is 10.0. The zero-order valence-electron chi connectivity index (χ0n) is 22.2. The molecular weight excluding hydrogens is 494 g/mol. The first-order valence-corrected chi connectivity index (χ1v) is 15.0. The summed E-state index contributed by atoms with van der Waals surface area (Å²) in [5.41, 5.74) is 4.55. The molecule has 0 aromatic heterocycles. The fraction of sp³-hybridized carbons (Fsp3) is 0.188. The summed E-state index contributed by atoms with van der Waals surface area (Å²) >= 11 is 0. The number of hydrogen-bond acceptors (Lipinski definition) is 3. The van der Waals surface area contributed by atoms with Gasteiger partial charge in [-0.3, -0.25) is 9.59 Å². The van der Waals surface area contributed by atoms with Gasteiger partial charge < -0.3 is 4.57 Å². The average molecular weight is 527 g/mol. The molecule has 4 aromatic rings. The van der Waals surface area contributed by atoms with Gasteiger partial charge in [0.1, 0.15) is 0 Å². The quantitative estimate of drug-likeness (QED) is 0.248. The Morgan fingerprint density at radius 3 is 1.46 bits per heavy atom. The van der Waals surface area contributed by atoms with Crippen molar-refractivity contribution in [3.8, 4) is 0 Å². The molecule has 3 nitrogen and oxygen atoms in total. The molecule has 4 rings (SSSR count). The Labute approximate surface area is 221 Å². The molecule has 0 spiro atoms. The van der Waals surface area contributed by atoms with Crippen molar-refractivity contribution in [2.24, 2.45) is 0 Å². The molecular formula is C32H32O3P2. The standard InChI is InChI=1S/C32H32O3P2/c1-20-16-22(3)29(23(4)17-20)31(33)37(35,32(34)30-24(5)18-21(2)19-25(30)6)28-15-11-10-14-27(28)36-26-12-8-7-9-13-26/h7-19,36H,1-6H3. The number of hydrogen-bond donors (Lipinski definition) is 0. The van der Waals surface area contributed by atoms with Gasteiger partial charge in [0, 0.05) is 16.4 Å². The number of carbonyl (C=O) groups is 2. The Kier molecular flexibility index (Phi) is 7.79. The van der Waals surface area contributed by atoms with Crippen LogP contribution in [0.4, 0.5) is 0 Å². The zero-order chi connectivity index (χ0) is 26.9. The first kappa shape index (κ1) is 26.9. The molecule has 0 aliphatic carbocycles. The largest absolute Gasteiger partial charge is 0.302 e. The second-order valence-electron chi connectivity index (χ2n) is 9.78. The highest BCUT2D eigenvalue weighted by Crippen LogP contribution is 2.53. The summed E-state index contributed by atoms with van der Waals surface area (Å²) in [6, 6.07) is 24.8. The highest BCUT2D eigenvalue weighted by Gasteiger charge is 2.45. The van der Waals surface area contributed by atoms with Crippen molar-refractivity contribution in [2.75, 3.05) is 0 Å². The van der Waals surface area contributed by atoms with E-state index in [1.165, 1.54) is 0 Å². The molecule has 5 heteroatoms. The Morgan fingerprint density at radius 2 is 1.00 bits per heavy atom. The lowest BCUT2D eigenvalue weighted by molar-refractivity contribution is 0.104. The van der Waals surface area contributed by atoms with E-state index in [1.807, 2.05) is 108 Å². The van der Waals surface area contributed by atoms with E-state index < -0.39 is 18.2 Å². The molecule has 4 aromatic carbocycles. The minimum Gasteiger partial charge on any atom is -0.302 e. The van der Waals surface area contributed by atoms with Crippen LogP contribution in [0.1, 0.15) is 54.1 Å². The normalized spacial score (nSPS) is 11.7. The van der Waals surface area contributed by atoms with E-state index in [2.05, 4.69) is 0 Å². The SMILES string of the molecule is Cc1cc(C)c(C(=O)P(=O)(C(=O)c2c(C)cc(C)cc2C)c2ccccc2Pc2ccccc2)c(C)c1. The Hall–Kier alpha value is -3.12. The summed E-state index contributed by atoms with van der Waals surface area (Å²) in [7, 11) is -4.12. The predicted molar refractivity (Wildman–Crippen MR) is 158 cm³/mol. The van der Waals surface area contributed by atoms with Crippen molar-refractivity contribution in [3.63, 3.8) is 0 Å². The number of carbonyl (C=O) groups excluding carboxylic acids is 2. The van der Waals surface area contributed by atoms with Crippen molar-refractivity contribution >= 4 is 42.7 Å². The molecule has 0 saturated carbocycles. The lowest BCUT2D eigenvalue weighted by Crippen LogP contribution is -2.31. The van der Waals surface area contributed by atoms with Crippen molar-refractivity contribution in [3.05, 3.63) is 123 Å². The second-order valence-corrected chi connectivity index (χ2v) is 13.7. The maximum Gasteiger partial charge on any atom is 0.249 e. The smallest absolute Gasteiger partial charge is 0.249 e. The van der Waals surface area contributed by atoms with Crippen LogP contribution in [0.25, 0.3) is 0 Å². The number of benzene rings is 4. The van der Waals surface area contributed by atoms with Gasteiger partial charge in [0.2, 0.25) is 18.2 Å². The van der Waals surface area contributed by atoms with Gasteiger partial charge in [0.25, 0.3) is 0 Å². The summed E-state index contributed by atoms with van der Waals surface area (Å²) in [6.07, 6.45) is 0. The maximum atomic E-state index is 15.3. The van der Waals surface area contributed by atoms with Crippen molar-refractivity contribution in [2.45, 2.75) is 41.5 Å². The molecule has 0 radical (unpaired) electrons. The second kappa shape index (κ2) is 10.7. The Bertz CT molecular complexity index is 1450. The molecule has 0 aliphatic rings.